The standard InChI is InChI=1S/C10H14BrNO2S/c1-14-6-9(12)7-15(13)10-4-2-8(11)3-5-10/h2-5,9H,6-7,12H2,1H3. The largest absolute Gasteiger partial charge is 0.383 e. The number of methoxy groups -OCH3 is 1. The monoisotopic (exact) mass is 291 g/mol. The van der Waals surface area contributed by atoms with Crippen LogP contribution in [0.25, 0.3) is 0 Å². The first-order valence-corrected chi connectivity index (χ1v) is 6.63. The third-order valence-corrected chi connectivity index (χ3v) is 3.88. The van der Waals surface area contributed by atoms with Crippen LogP contribution in [0.2, 0.25) is 0 Å². The lowest BCUT2D eigenvalue weighted by Gasteiger charge is -2.09. The van der Waals surface area contributed by atoms with Gasteiger partial charge in [0.15, 0.2) is 0 Å². The molecule has 0 aliphatic rings. The quantitative estimate of drug-likeness (QED) is 0.895. The number of hydrogen-bond donors (Lipinski definition) is 1. The highest BCUT2D eigenvalue weighted by molar-refractivity contribution is 9.10. The van der Waals surface area contributed by atoms with E-state index in [-0.39, 0.29) is 6.04 Å². The van der Waals surface area contributed by atoms with Crippen LogP contribution >= 0.6 is 15.9 Å². The molecule has 1 aromatic carbocycles. The predicted molar refractivity (Wildman–Crippen MR) is 65.3 cm³/mol. The van der Waals surface area contributed by atoms with Crippen LogP contribution < -0.4 is 5.73 Å². The molecule has 0 heterocycles. The summed E-state index contributed by atoms with van der Waals surface area (Å²) >= 11 is 3.33. The van der Waals surface area contributed by atoms with Gasteiger partial charge in [0.2, 0.25) is 0 Å². The Hall–Kier alpha value is -0.230. The van der Waals surface area contributed by atoms with E-state index in [1.807, 2.05) is 24.3 Å². The molecule has 0 radical (unpaired) electrons. The molecule has 0 aliphatic heterocycles. The molecule has 2 atom stereocenters. The van der Waals surface area contributed by atoms with Crippen molar-refractivity contribution in [3.8, 4) is 0 Å². The zero-order chi connectivity index (χ0) is 11.3. The second kappa shape index (κ2) is 6.37. The number of benzene rings is 1. The minimum atomic E-state index is -1.05. The molecule has 5 heteroatoms. The molecule has 15 heavy (non-hydrogen) atoms. The Balaban J connectivity index is 2.57. The van der Waals surface area contributed by atoms with Gasteiger partial charge in [0.25, 0.3) is 0 Å². The van der Waals surface area contributed by atoms with Crippen molar-refractivity contribution >= 4 is 26.7 Å². The first-order chi connectivity index (χ1) is 7.13. The first kappa shape index (κ1) is 12.8. The third-order valence-electron chi connectivity index (χ3n) is 1.82. The van der Waals surface area contributed by atoms with Crippen molar-refractivity contribution < 1.29 is 8.95 Å². The zero-order valence-corrected chi connectivity index (χ0v) is 10.9. The average molecular weight is 292 g/mol. The van der Waals surface area contributed by atoms with Gasteiger partial charge in [-0.2, -0.15) is 0 Å². The Morgan fingerprint density at radius 1 is 1.47 bits per heavy atom. The molecule has 3 nitrogen and oxygen atoms in total. The summed E-state index contributed by atoms with van der Waals surface area (Å²) in [4.78, 5) is 0.796. The van der Waals surface area contributed by atoms with Gasteiger partial charge in [0, 0.05) is 28.3 Å². The van der Waals surface area contributed by atoms with Crippen LogP contribution in [0, 0.1) is 0 Å². The first-order valence-electron chi connectivity index (χ1n) is 4.52. The maximum atomic E-state index is 11.8. The lowest BCUT2D eigenvalue weighted by Crippen LogP contribution is -2.31. The van der Waals surface area contributed by atoms with Crippen LogP contribution in [0.4, 0.5) is 0 Å². The van der Waals surface area contributed by atoms with Gasteiger partial charge >= 0.3 is 0 Å². The van der Waals surface area contributed by atoms with Gasteiger partial charge in [-0.3, -0.25) is 4.21 Å². The normalized spacial score (nSPS) is 14.9. The highest BCUT2D eigenvalue weighted by Crippen LogP contribution is 2.13. The predicted octanol–water partition coefficient (Wildman–Crippen LogP) is 1.53. The summed E-state index contributed by atoms with van der Waals surface area (Å²) in [6.07, 6.45) is 0. The molecule has 2 N–H and O–H groups in total. The van der Waals surface area contributed by atoms with E-state index in [2.05, 4.69) is 15.9 Å². The fourth-order valence-corrected chi connectivity index (χ4v) is 2.52. The van der Waals surface area contributed by atoms with Gasteiger partial charge in [-0.15, -0.1) is 0 Å². The molecule has 84 valence electrons. The Morgan fingerprint density at radius 2 is 2.07 bits per heavy atom. The molecule has 0 spiro atoms. The lowest BCUT2D eigenvalue weighted by molar-refractivity contribution is 0.186. The van der Waals surface area contributed by atoms with Crippen molar-refractivity contribution in [2.75, 3.05) is 19.5 Å². The highest BCUT2D eigenvalue weighted by atomic mass is 79.9. The van der Waals surface area contributed by atoms with Crippen molar-refractivity contribution in [2.24, 2.45) is 5.73 Å². The van der Waals surface area contributed by atoms with Crippen LogP contribution in [0.1, 0.15) is 0 Å². The summed E-state index contributed by atoms with van der Waals surface area (Å²) in [5.41, 5.74) is 5.73. The second-order valence-electron chi connectivity index (χ2n) is 3.18. The van der Waals surface area contributed by atoms with Crippen molar-refractivity contribution in [3.63, 3.8) is 0 Å². The fraction of sp³-hybridized carbons (Fsp3) is 0.400. The van der Waals surface area contributed by atoms with Crippen molar-refractivity contribution in [1.29, 1.82) is 0 Å². The number of halogens is 1. The van der Waals surface area contributed by atoms with Crippen molar-refractivity contribution in [2.45, 2.75) is 10.9 Å². The zero-order valence-electron chi connectivity index (χ0n) is 8.48. The summed E-state index contributed by atoms with van der Waals surface area (Å²) in [7, 11) is 0.537. The Bertz CT molecular complexity index is 329. The van der Waals surface area contributed by atoms with E-state index in [0.717, 1.165) is 9.37 Å². The molecule has 0 saturated carbocycles. The summed E-state index contributed by atoms with van der Waals surface area (Å²) < 4.78 is 17.7. The van der Waals surface area contributed by atoms with Gasteiger partial charge in [0.1, 0.15) is 0 Å². The number of nitrogens with two attached hydrogens (primary N) is 1. The van der Waals surface area contributed by atoms with Crippen LogP contribution in [-0.4, -0.2) is 29.7 Å². The molecular weight excluding hydrogens is 278 g/mol. The molecule has 0 aliphatic carbocycles. The summed E-state index contributed by atoms with van der Waals surface area (Å²) in [6.45, 7) is 0.433. The van der Waals surface area contributed by atoms with E-state index >= 15 is 0 Å². The molecule has 1 aromatic rings. The average Bonchev–Trinajstić information content (AvgIpc) is 2.18. The maximum Gasteiger partial charge on any atom is 0.0622 e. The van der Waals surface area contributed by atoms with Gasteiger partial charge in [-0.05, 0) is 24.3 Å². The van der Waals surface area contributed by atoms with Crippen LogP contribution in [0.5, 0.6) is 0 Å². The second-order valence-corrected chi connectivity index (χ2v) is 5.59. The number of hydrogen-bond acceptors (Lipinski definition) is 3. The Morgan fingerprint density at radius 3 is 2.60 bits per heavy atom. The van der Waals surface area contributed by atoms with E-state index in [1.54, 1.807) is 7.11 Å². The molecule has 0 bridgehead atoms. The summed E-state index contributed by atoms with van der Waals surface area (Å²) in [6, 6.07) is 7.23. The lowest BCUT2D eigenvalue weighted by atomic mass is 10.4. The third kappa shape index (κ3) is 4.42. The highest BCUT2D eigenvalue weighted by Gasteiger charge is 2.09. The Labute approximate surface area is 101 Å². The molecule has 0 aromatic heterocycles. The van der Waals surface area contributed by atoms with Crippen LogP contribution in [-0.2, 0) is 15.5 Å². The van der Waals surface area contributed by atoms with E-state index in [4.69, 9.17) is 10.5 Å². The van der Waals surface area contributed by atoms with E-state index in [9.17, 15) is 4.21 Å². The Kier molecular flexibility index (Phi) is 5.45. The number of rotatable bonds is 5. The smallest absolute Gasteiger partial charge is 0.0622 e. The molecule has 0 fully saturated rings. The summed E-state index contributed by atoms with van der Waals surface area (Å²) in [5, 5.41) is 0. The van der Waals surface area contributed by atoms with Gasteiger partial charge in [0.05, 0.1) is 17.4 Å². The van der Waals surface area contributed by atoms with E-state index < -0.39 is 10.8 Å². The topological polar surface area (TPSA) is 52.3 Å². The molecular formula is C10H14BrNO2S. The SMILES string of the molecule is COCC(N)CS(=O)c1ccc(Br)cc1. The maximum absolute atomic E-state index is 11.8. The molecule has 0 amide bonds. The van der Waals surface area contributed by atoms with Gasteiger partial charge in [-0.25, -0.2) is 0 Å². The molecule has 2 unspecified atom stereocenters. The van der Waals surface area contributed by atoms with Crippen LogP contribution in [0.15, 0.2) is 33.6 Å². The van der Waals surface area contributed by atoms with Crippen molar-refractivity contribution in [1.82, 2.24) is 0 Å². The fourth-order valence-electron chi connectivity index (χ4n) is 1.14. The van der Waals surface area contributed by atoms with Gasteiger partial charge in [-0.1, -0.05) is 15.9 Å². The van der Waals surface area contributed by atoms with Gasteiger partial charge < -0.3 is 10.5 Å². The summed E-state index contributed by atoms with van der Waals surface area (Å²) in [5.74, 6) is 0.426. The van der Waals surface area contributed by atoms with Crippen LogP contribution in [0.3, 0.4) is 0 Å². The minimum Gasteiger partial charge on any atom is -0.383 e. The molecule has 1 rings (SSSR count). The molecule has 0 saturated heterocycles. The minimum absolute atomic E-state index is 0.181. The van der Waals surface area contributed by atoms with E-state index in [1.165, 1.54) is 0 Å². The number of ether oxygens (including phenoxy) is 1. The van der Waals surface area contributed by atoms with E-state index in [0.29, 0.717) is 12.4 Å². The van der Waals surface area contributed by atoms with Crippen molar-refractivity contribution in [3.05, 3.63) is 28.7 Å².